The molecule has 0 saturated heterocycles. The van der Waals surface area contributed by atoms with Crippen molar-refractivity contribution in [3.63, 3.8) is 0 Å². The molecule has 0 amide bonds. The molecule has 10 rings (SSSR count). The number of benzene rings is 8. The third-order valence-electron chi connectivity index (χ3n) is 9.86. The van der Waals surface area contributed by atoms with Crippen LogP contribution in [0, 0.1) is 5.82 Å². The molecule has 0 saturated carbocycles. The van der Waals surface area contributed by atoms with Gasteiger partial charge in [0.25, 0.3) is 0 Å². The van der Waals surface area contributed by atoms with Gasteiger partial charge in [-0.15, -0.1) is 11.3 Å². The average Bonchev–Trinajstić information content (AvgIpc) is 3.73. The predicted molar refractivity (Wildman–Crippen MR) is 211 cm³/mol. The van der Waals surface area contributed by atoms with Gasteiger partial charge in [0, 0.05) is 53.4 Å². The first-order valence-corrected chi connectivity index (χ1v) is 17.6. The van der Waals surface area contributed by atoms with E-state index in [1.54, 1.807) is 12.1 Å². The fourth-order valence-corrected chi connectivity index (χ4v) is 8.83. The van der Waals surface area contributed by atoms with Gasteiger partial charge in [0.15, 0.2) is 0 Å². The van der Waals surface area contributed by atoms with Crippen molar-refractivity contribution in [1.29, 1.82) is 0 Å². The fourth-order valence-electron chi connectivity index (χ4n) is 7.59. The molecule has 0 aliphatic carbocycles. The van der Waals surface area contributed by atoms with Crippen molar-refractivity contribution in [2.24, 2.45) is 0 Å². The summed E-state index contributed by atoms with van der Waals surface area (Å²) in [5.41, 5.74) is 8.09. The minimum Gasteiger partial charge on any atom is -0.310 e. The molecule has 0 spiro atoms. The Morgan fingerprint density at radius 3 is 1.94 bits per heavy atom. The molecule has 0 radical (unpaired) electrons. The average molecular weight is 661 g/mol. The summed E-state index contributed by atoms with van der Waals surface area (Å²) in [5, 5.41) is 6.90. The largest absolute Gasteiger partial charge is 0.310 e. The summed E-state index contributed by atoms with van der Waals surface area (Å²) in [7, 11) is 0. The smallest absolute Gasteiger partial charge is 0.147 e. The predicted octanol–water partition coefficient (Wildman–Crippen LogP) is 13.6. The van der Waals surface area contributed by atoms with Crippen LogP contribution in [0.2, 0.25) is 0 Å². The van der Waals surface area contributed by atoms with Crippen molar-refractivity contribution in [2.75, 3.05) is 4.90 Å². The van der Waals surface area contributed by atoms with Gasteiger partial charge in [0.1, 0.15) is 5.82 Å². The maximum atomic E-state index is 15.4. The number of thiophene rings is 1. The Hall–Kier alpha value is -6.23. The maximum absolute atomic E-state index is 15.4. The minimum atomic E-state index is -0.230. The maximum Gasteiger partial charge on any atom is 0.147 e. The summed E-state index contributed by atoms with van der Waals surface area (Å²) >= 11 is 1.86. The number of nitrogens with zero attached hydrogens (tertiary/aromatic N) is 2. The first kappa shape index (κ1) is 28.8. The van der Waals surface area contributed by atoms with Gasteiger partial charge in [-0.1, -0.05) is 115 Å². The summed E-state index contributed by atoms with van der Waals surface area (Å²) in [6.07, 6.45) is 0. The lowest BCUT2D eigenvalue weighted by Gasteiger charge is -2.27. The van der Waals surface area contributed by atoms with Crippen molar-refractivity contribution >= 4 is 81.1 Å². The third kappa shape index (κ3) is 4.46. The number of aromatic nitrogens is 1. The van der Waals surface area contributed by atoms with E-state index in [9.17, 15) is 0 Å². The fraction of sp³-hybridized carbons (Fsp3) is 0. The first-order valence-electron chi connectivity index (χ1n) is 16.8. The van der Waals surface area contributed by atoms with E-state index in [2.05, 4.69) is 150 Å². The lowest BCUT2D eigenvalue weighted by molar-refractivity contribution is 0.635. The Kier molecular flexibility index (Phi) is 6.58. The van der Waals surface area contributed by atoms with E-state index in [4.69, 9.17) is 0 Å². The van der Waals surface area contributed by atoms with Crippen LogP contribution < -0.4 is 4.90 Å². The molecule has 0 N–H and O–H groups in total. The Balaban J connectivity index is 1.12. The summed E-state index contributed by atoms with van der Waals surface area (Å²) in [4.78, 5) is 2.32. The highest BCUT2D eigenvalue weighted by molar-refractivity contribution is 7.26. The Morgan fingerprint density at radius 2 is 1.10 bits per heavy atom. The van der Waals surface area contributed by atoms with Gasteiger partial charge in [-0.3, -0.25) is 0 Å². The molecule has 10 aromatic rings. The first-order chi connectivity index (χ1) is 24.7. The zero-order valence-corrected chi connectivity index (χ0v) is 27.7. The second kappa shape index (κ2) is 11.4. The highest BCUT2D eigenvalue weighted by Crippen LogP contribution is 2.43. The molecule has 2 nitrogen and oxygen atoms in total. The molecule has 2 aromatic heterocycles. The Bertz CT molecular complexity index is 2880. The number of hydrogen-bond acceptors (Lipinski definition) is 2. The van der Waals surface area contributed by atoms with E-state index < -0.39 is 0 Å². The monoisotopic (exact) mass is 660 g/mol. The quantitative estimate of drug-likeness (QED) is 0.178. The normalized spacial score (nSPS) is 11.7. The molecular formula is C46H29FN2S. The summed E-state index contributed by atoms with van der Waals surface area (Å²) in [6, 6.07) is 61.1. The molecule has 4 heteroatoms. The molecule has 0 atom stereocenters. The lowest BCUT2D eigenvalue weighted by atomic mass is 10.0. The highest BCUT2D eigenvalue weighted by Gasteiger charge is 2.19. The second-order valence-electron chi connectivity index (χ2n) is 12.7. The van der Waals surface area contributed by atoms with Crippen LogP contribution in [-0.2, 0) is 0 Å². The van der Waals surface area contributed by atoms with E-state index in [0.717, 1.165) is 39.0 Å². The molecule has 50 heavy (non-hydrogen) atoms. The molecule has 8 aromatic carbocycles. The third-order valence-corrected chi connectivity index (χ3v) is 11.1. The zero-order chi connectivity index (χ0) is 33.2. The lowest BCUT2D eigenvalue weighted by Crippen LogP contribution is -2.10. The van der Waals surface area contributed by atoms with Crippen LogP contribution >= 0.6 is 11.3 Å². The number of hydrogen-bond donors (Lipinski definition) is 0. The minimum absolute atomic E-state index is 0.230. The molecule has 0 aliphatic rings. The number of fused-ring (bicyclic) bond motifs is 7. The molecule has 0 unspecified atom stereocenters. The topological polar surface area (TPSA) is 8.17 Å². The van der Waals surface area contributed by atoms with Gasteiger partial charge in [-0.25, -0.2) is 4.39 Å². The van der Waals surface area contributed by atoms with Crippen molar-refractivity contribution in [3.05, 3.63) is 182 Å². The van der Waals surface area contributed by atoms with Gasteiger partial charge in [-0.2, -0.15) is 0 Å². The molecule has 2 heterocycles. The molecule has 0 aliphatic heterocycles. The van der Waals surface area contributed by atoms with E-state index >= 15 is 4.39 Å². The standard InChI is InChI=1S/C46H29FN2S/c47-41-18-9-16-39-37-13-3-5-19-43(37)49(45(39)41)34-28-26-33(27-29-34)48(42-20-7-11-30-10-1-2-12-35(30)42)32-24-22-31(23-25-32)36-15-8-17-40-38-14-4-6-21-44(38)50-46(36)40/h1-29H. The van der Waals surface area contributed by atoms with Crippen LogP contribution in [0.15, 0.2) is 176 Å². The van der Waals surface area contributed by atoms with Gasteiger partial charge < -0.3 is 9.47 Å². The summed E-state index contributed by atoms with van der Waals surface area (Å²) < 4.78 is 20.1. The van der Waals surface area contributed by atoms with Crippen molar-refractivity contribution in [1.82, 2.24) is 4.57 Å². The Labute approximate surface area is 292 Å². The van der Waals surface area contributed by atoms with Crippen LogP contribution in [0.4, 0.5) is 21.5 Å². The number of para-hydroxylation sites is 2. The van der Waals surface area contributed by atoms with Crippen molar-refractivity contribution < 1.29 is 4.39 Å². The van der Waals surface area contributed by atoms with Crippen LogP contribution in [0.5, 0.6) is 0 Å². The molecule has 0 fully saturated rings. The second-order valence-corrected chi connectivity index (χ2v) is 13.7. The van der Waals surface area contributed by atoms with Crippen molar-refractivity contribution in [2.45, 2.75) is 0 Å². The van der Waals surface area contributed by atoms with Crippen LogP contribution in [0.1, 0.15) is 0 Å². The van der Waals surface area contributed by atoms with Crippen molar-refractivity contribution in [3.8, 4) is 16.8 Å². The number of anilines is 3. The molecule has 236 valence electrons. The molecule has 0 bridgehead atoms. The van der Waals surface area contributed by atoms with Crippen LogP contribution in [-0.4, -0.2) is 4.57 Å². The number of rotatable bonds is 5. The summed E-state index contributed by atoms with van der Waals surface area (Å²) in [6.45, 7) is 0. The summed E-state index contributed by atoms with van der Waals surface area (Å²) in [5.74, 6) is -0.230. The molecular weight excluding hydrogens is 632 g/mol. The SMILES string of the molecule is Fc1cccc2c3ccccc3n(-c3ccc(N(c4ccc(-c5cccc6c5sc5ccccc56)cc4)c4cccc5ccccc45)cc3)c12. The van der Waals surface area contributed by atoms with Gasteiger partial charge in [-0.05, 0) is 77.2 Å². The van der Waals surface area contributed by atoms with E-state index in [1.807, 2.05) is 34.1 Å². The van der Waals surface area contributed by atoms with Crippen LogP contribution in [0.3, 0.4) is 0 Å². The number of halogens is 1. The van der Waals surface area contributed by atoms with Gasteiger partial charge in [0.05, 0.1) is 16.7 Å². The zero-order valence-electron chi connectivity index (χ0n) is 26.9. The Morgan fingerprint density at radius 1 is 0.480 bits per heavy atom. The van der Waals surface area contributed by atoms with E-state index in [1.165, 1.54) is 42.1 Å². The van der Waals surface area contributed by atoms with Crippen LogP contribution in [0.25, 0.3) is 69.6 Å². The van der Waals surface area contributed by atoms with Gasteiger partial charge >= 0.3 is 0 Å². The highest BCUT2D eigenvalue weighted by atomic mass is 32.1. The van der Waals surface area contributed by atoms with E-state index in [-0.39, 0.29) is 5.82 Å². The van der Waals surface area contributed by atoms with Gasteiger partial charge in [0.2, 0.25) is 0 Å². The van der Waals surface area contributed by atoms with E-state index in [0.29, 0.717) is 5.52 Å².